The normalized spacial score (nSPS) is 10.1. The number of aryl methyl sites for hydroxylation is 1. The predicted octanol–water partition coefficient (Wildman–Crippen LogP) is 5.41. The van der Waals surface area contributed by atoms with Gasteiger partial charge in [0.15, 0.2) is 0 Å². The summed E-state index contributed by atoms with van der Waals surface area (Å²) in [4.78, 5) is 20.0. The fraction of sp³-hybridized carbons (Fsp3) is 0.174. The first kappa shape index (κ1) is 27.4. The van der Waals surface area contributed by atoms with Crippen molar-refractivity contribution in [2.75, 3.05) is 7.11 Å². The Kier molecular flexibility index (Phi) is 10.3. The van der Waals surface area contributed by atoms with Gasteiger partial charge in [-0.3, -0.25) is 4.79 Å². The minimum atomic E-state index is -4.37. The molecular formula is C23H23F3N2O4S. The lowest BCUT2D eigenvalue weighted by Gasteiger charge is -2.07. The first-order chi connectivity index (χ1) is 15.5. The van der Waals surface area contributed by atoms with Gasteiger partial charge in [-0.25, -0.2) is 4.79 Å². The number of nitrogens with one attached hydrogen (secondary N) is 1. The third-order valence-corrected chi connectivity index (χ3v) is 5.13. The molecule has 6 nitrogen and oxygen atoms in total. The number of hydrogen-bond acceptors (Lipinski definition) is 6. The number of nitrogens with two attached hydrogens (primary N) is 1. The van der Waals surface area contributed by atoms with E-state index in [0.29, 0.717) is 21.6 Å². The second kappa shape index (κ2) is 12.4. The van der Waals surface area contributed by atoms with E-state index in [1.807, 2.05) is 19.1 Å². The summed E-state index contributed by atoms with van der Waals surface area (Å²) in [5.41, 5.74) is 6.29. The number of ether oxygens (including phenoxy) is 1. The number of alkyl halides is 3. The molecule has 33 heavy (non-hydrogen) atoms. The smallest absolute Gasteiger partial charge is 0.416 e. The average Bonchev–Trinajstić information content (AvgIpc) is 3.16. The van der Waals surface area contributed by atoms with Crippen LogP contribution in [-0.4, -0.2) is 30.3 Å². The molecule has 0 spiro atoms. The van der Waals surface area contributed by atoms with Gasteiger partial charge < -0.3 is 21.0 Å². The highest BCUT2D eigenvalue weighted by atomic mass is 32.1. The highest BCUT2D eigenvalue weighted by molar-refractivity contribution is 7.14. The number of thiophene rings is 1. The lowest BCUT2D eigenvalue weighted by atomic mass is 10.1. The van der Waals surface area contributed by atoms with Crippen LogP contribution in [0.5, 0.6) is 5.75 Å². The number of benzene rings is 2. The number of carbonyl (C=O) groups excluding carboxylic acids is 2. The van der Waals surface area contributed by atoms with Crippen molar-refractivity contribution in [3.63, 3.8) is 0 Å². The lowest BCUT2D eigenvalue weighted by molar-refractivity contribution is -0.137. The Balaban J connectivity index is 0.000000329. The molecule has 3 aromatic rings. The third-order valence-electron chi connectivity index (χ3n) is 4.12. The Morgan fingerprint density at radius 1 is 1.12 bits per heavy atom. The summed E-state index contributed by atoms with van der Waals surface area (Å²) >= 11 is 1.20. The zero-order valence-corrected chi connectivity index (χ0v) is 18.9. The zero-order chi connectivity index (χ0) is 25.2. The molecule has 0 atom stereocenters. The number of halogens is 3. The molecule has 2 aromatic carbocycles. The van der Waals surface area contributed by atoms with Gasteiger partial charge in [-0.2, -0.15) is 13.2 Å². The maximum absolute atomic E-state index is 12.4. The Labute approximate surface area is 193 Å². The van der Waals surface area contributed by atoms with Crippen molar-refractivity contribution >= 4 is 29.4 Å². The number of rotatable bonds is 3. The molecule has 4 N–H and O–H groups in total. The molecule has 0 saturated carbocycles. The molecule has 3 rings (SSSR count). The summed E-state index contributed by atoms with van der Waals surface area (Å²) < 4.78 is 41.8. The monoisotopic (exact) mass is 480 g/mol. The van der Waals surface area contributed by atoms with Crippen molar-refractivity contribution in [3.8, 4) is 16.2 Å². The number of carbonyl (C=O) groups is 2. The van der Waals surface area contributed by atoms with Crippen LogP contribution in [0, 0.1) is 12.3 Å². The quantitative estimate of drug-likeness (QED) is 0.264. The summed E-state index contributed by atoms with van der Waals surface area (Å²) in [5, 5.41) is 19.0. The molecular weight excluding hydrogens is 457 g/mol. The van der Waals surface area contributed by atoms with Crippen LogP contribution in [0.4, 0.5) is 13.2 Å². The number of primary amides is 1. The molecule has 10 heteroatoms. The van der Waals surface area contributed by atoms with Gasteiger partial charge in [0.2, 0.25) is 6.41 Å². The lowest BCUT2D eigenvalue weighted by Crippen LogP contribution is -2.03. The van der Waals surface area contributed by atoms with Crippen LogP contribution in [0.3, 0.4) is 0 Å². The van der Waals surface area contributed by atoms with Gasteiger partial charge in [-0.1, -0.05) is 29.8 Å². The van der Waals surface area contributed by atoms with Crippen LogP contribution in [-0.2, 0) is 15.7 Å². The van der Waals surface area contributed by atoms with Crippen LogP contribution < -0.4 is 5.73 Å². The predicted molar refractivity (Wildman–Crippen MR) is 122 cm³/mol. The van der Waals surface area contributed by atoms with Gasteiger partial charge in [0, 0.05) is 16.7 Å². The van der Waals surface area contributed by atoms with Crippen LogP contribution >= 0.6 is 11.3 Å². The zero-order valence-electron chi connectivity index (χ0n) is 18.1. The Bertz CT molecular complexity index is 1080. The first-order valence-electron chi connectivity index (χ1n) is 9.30. The van der Waals surface area contributed by atoms with Crippen molar-refractivity contribution in [2.24, 2.45) is 5.73 Å². The maximum atomic E-state index is 12.4. The van der Waals surface area contributed by atoms with E-state index in [-0.39, 0.29) is 23.8 Å². The molecule has 0 radical (unpaired) electrons. The summed E-state index contributed by atoms with van der Waals surface area (Å²) in [7, 11) is 1.38. The van der Waals surface area contributed by atoms with Crippen LogP contribution in [0.15, 0.2) is 53.9 Å². The van der Waals surface area contributed by atoms with E-state index in [4.69, 9.17) is 10.2 Å². The van der Waals surface area contributed by atoms with E-state index < -0.39 is 11.7 Å². The van der Waals surface area contributed by atoms with E-state index in [1.165, 1.54) is 37.5 Å². The van der Waals surface area contributed by atoms with Crippen molar-refractivity contribution in [1.82, 2.24) is 0 Å². The van der Waals surface area contributed by atoms with Gasteiger partial charge >= 0.3 is 12.1 Å². The SMILES string of the molecule is CC(=N)c1csc(-c2ccc(C(F)(F)F)cc2)c1O.COC(=O)c1ccc(C)cc1.NC=O. The molecule has 0 unspecified atom stereocenters. The number of aromatic hydroxyl groups is 1. The average molecular weight is 481 g/mol. The third kappa shape index (κ3) is 8.08. The first-order valence-corrected chi connectivity index (χ1v) is 10.2. The van der Waals surface area contributed by atoms with E-state index in [0.717, 1.165) is 17.7 Å². The fourth-order valence-corrected chi connectivity index (χ4v) is 3.46. The Hall–Kier alpha value is -3.66. The van der Waals surface area contributed by atoms with E-state index in [1.54, 1.807) is 17.5 Å². The molecule has 0 aliphatic rings. The van der Waals surface area contributed by atoms with Crippen molar-refractivity contribution in [2.45, 2.75) is 20.0 Å². The molecule has 0 aliphatic heterocycles. The van der Waals surface area contributed by atoms with Crippen molar-refractivity contribution in [1.29, 1.82) is 5.41 Å². The Morgan fingerprint density at radius 3 is 2.03 bits per heavy atom. The van der Waals surface area contributed by atoms with Gasteiger partial charge in [-0.05, 0) is 43.7 Å². The largest absolute Gasteiger partial charge is 0.506 e. The molecule has 0 bridgehead atoms. The molecule has 0 fully saturated rings. The van der Waals surface area contributed by atoms with Gasteiger partial charge in [0.05, 0.1) is 23.1 Å². The topological polar surface area (TPSA) is 113 Å². The number of methoxy groups -OCH3 is 1. The number of amides is 1. The summed E-state index contributed by atoms with van der Waals surface area (Å²) in [6.07, 6.45) is -4.12. The van der Waals surface area contributed by atoms with E-state index >= 15 is 0 Å². The molecule has 0 aliphatic carbocycles. The minimum Gasteiger partial charge on any atom is -0.506 e. The van der Waals surface area contributed by atoms with E-state index in [9.17, 15) is 23.1 Å². The number of esters is 1. The van der Waals surface area contributed by atoms with Crippen LogP contribution in [0.1, 0.15) is 34.0 Å². The number of hydrogen-bond donors (Lipinski definition) is 3. The van der Waals surface area contributed by atoms with Crippen LogP contribution in [0.25, 0.3) is 10.4 Å². The maximum Gasteiger partial charge on any atom is 0.416 e. The minimum absolute atomic E-state index is 0.0581. The summed E-state index contributed by atoms with van der Waals surface area (Å²) in [6.45, 7) is 3.51. The standard InChI is InChI=1S/C13H10F3NOS.C9H10O2.CH3NO/c1-7(17)10-6-19-12(11(10)18)8-2-4-9(5-3-8)13(14,15)16;1-7-3-5-8(6-4-7)9(10)11-2;2-1-3/h2-6,17-18H,1H3;3-6H,1-2H3;1H,(H2,2,3). The van der Waals surface area contributed by atoms with Gasteiger partial charge in [0.1, 0.15) is 5.75 Å². The Morgan fingerprint density at radius 2 is 1.64 bits per heavy atom. The summed E-state index contributed by atoms with van der Waals surface area (Å²) in [5.74, 6) is -0.345. The van der Waals surface area contributed by atoms with Crippen LogP contribution in [0.2, 0.25) is 0 Å². The highest BCUT2D eigenvalue weighted by Crippen LogP contribution is 2.39. The second-order valence-electron chi connectivity index (χ2n) is 6.52. The van der Waals surface area contributed by atoms with Gasteiger partial charge in [-0.15, -0.1) is 11.3 Å². The van der Waals surface area contributed by atoms with Crippen molar-refractivity contribution in [3.05, 3.63) is 76.2 Å². The molecule has 1 amide bonds. The second-order valence-corrected chi connectivity index (χ2v) is 7.40. The fourth-order valence-electron chi connectivity index (χ4n) is 2.44. The summed E-state index contributed by atoms with van der Waals surface area (Å²) in [6, 6.07) is 11.9. The molecule has 1 heterocycles. The van der Waals surface area contributed by atoms with E-state index in [2.05, 4.69) is 10.5 Å². The van der Waals surface area contributed by atoms with Crippen molar-refractivity contribution < 1.29 is 32.6 Å². The van der Waals surface area contributed by atoms with Gasteiger partial charge in [0.25, 0.3) is 0 Å². The molecule has 0 saturated heterocycles. The highest BCUT2D eigenvalue weighted by Gasteiger charge is 2.30. The molecule has 1 aromatic heterocycles. The molecule has 176 valence electrons.